The van der Waals surface area contributed by atoms with Crippen LogP contribution in [0.2, 0.25) is 0 Å². The van der Waals surface area contributed by atoms with E-state index in [1.165, 1.54) is 10.5 Å². The fourth-order valence-corrected chi connectivity index (χ4v) is 2.91. The number of benzene rings is 2. The molecule has 0 bridgehead atoms. The average molecular weight is 322 g/mol. The summed E-state index contributed by atoms with van der Waals surface area (Å²) in [6, 6.07) is 11.1. The number of nitrogens with zero attached hydrogens (tertiary/aromatic N) is 1. The van der Waals surface area contributed by atoms with Crippen LogP contribution in [-0.4, -0.2) is 17.9 Å². The zero-order chi connectivity index (χ0) is 17.4. The van der Waals surface area contributed by atoms with Crippen molar-refractivity contribution < 1.29 is 9.59 Å². The molecule has 1 atom stereocenters. The van der Waals surface area contributed by atoms with Gasteiger partial charge in [-0.2, -0.15) is 0 Å². The van der Waals surface area contributed by atoms with Crippen molar-refractivity contribution in [1.29, 1.82) is 0 Å². The van der Waals surface area contributed by atoms with Gasteiger partial charge in [-0.3, -0.25) is 9.59 Å². The number of carbonyl (C=O) groups excluding carboxylic acids is 2. The minimum Gasteiger partial charge on any atom is -0.373 e. The second kappa shape index (κ2) is 6.11. The molecular formula is C20H22N2O2. The molecule has 2 aromatic rings. The molecule has 2 amide bonds. The lowest BCUT2D eigenvalue weighted by Crippen LogP contribution is -2.34. The third-order valence-electron chi connectivity index (χ3n) is 4.74. The minimum absolute atomic E-state index is 0.162. The third-order valence-corrected chi connectivity index (χ3v) is 4.74. The number of anilines is 2. The Morgan fingerprint density at radius 3 is 2.12 bits per heavy atom. The largest absolute Gasteiger partial charge is 0.373 e. The Morgan fingerprint density at radius 2 is 1.50 bits per heavy atom. The smallest absolute Gasteiger partial charge is 0.256 e. The molecule has 24 heavy (non-hydrogen) atoms. The molecule has 2 aromatic carbocycles. The molecule has 1 heterocycles. The van der Waals surface area contributed by atoms with E-state index in [1.807, 2.05) is 64.1 Å². The molecular weight excluding hydrogens is 300 g/mol. The second-order valence-corrected chi connectivity index (χ2v) is 6.54. The molecule has 0 saturated carbocycles. The summed E-state index contributed by atoms with van der Waals surface area (Å²) in [4.78, 5) is 26.4. The molecule has 1 aliphatic rings. The van der Waals surface area contributed by atoms with Crippen LogP contribution in [0.25, 0.3) is 0 Å². The van der Waals surface area contributed by atoms with Gasteiger partial charge in [-0.1, -0.05) is 12.1 Å². The summed E-state index contributed by atoms with van der Waals surface area (Å²) >= 11 is 0. The van der Waals surface area contributed by atoms with Gasteiger partial charge >= 0.3 is 0 Å². The standard InChI is InChI=1S/C20H22N2O2/c1-12-5-7-16(9-14(12)3)21-18-11-19(23)22(20(18)24)17-8-6-13(2)15(4)10-17/h5-10,18,21H,11H2,1-4H3/t18-/m0/s1. The van der Waals surface area contributed by atoms with Gasteiger partial charge < -0.3 is 5.32 Å². The van der Waals surface area contributed by atoms with E-state index in [2.05, 4.69) is 5.32 Å². The van der Waals surface area contributed by atoms with Gasteiger partial charge in [0.05, 0.1) is 12.1 Å². The van der Waals surface area contributed by atoms with E-state index in [1.54, 1.807) is 0 Å². The minimum atomic E-state index is -0.513. The zero-order valence-corrected chi connectivity index (χ0v) is 14.5. The van der Waals surface area contributed by atoms with Crippen molar-refractivity contribution in [3.8, 4) is 0 Å². The van der Waals surface area contributed by atoms with E-state index in [4.69, 9.17) is 0 Å². The van der Waals surface area contributed by atoms with Crippen LogP contribution in [0.4, 0.5) is 11.4 Å². The number of imide groups is 1. The van der Waals surface area contributed by atoms with Gasteiger partial charge in [0, 0.05) is 5.69 Å². The highest BCUT2D eigenvalue weighted by Crippen LogP contribution is 2.27. The fraction of sp³-hybridized carbons (Fsp3) is 0.300. The van der Waals surface area contributed by atoms with Gasteiger partial charge in [0.2, 0.25) is 5.91 Å². The molecule has 1 fully saturated rings. The average Bonchev–Trinajstić information content (AvgIpc) is 2.80. The number of carbonyl (C=O) groups is 2. The summed E-state index contributed by atoms with van der Waals surface area (Å²) in [6.07, 6.45) is 0.179. The molecule has 124 valence electrons. The van der Waals surface area contributed by atoms with Crippen molar-refractivity contribution in [3.63, 3.8) is 0 Å². The Hall–Kier alpha value is -2.62. The first-order valence-corrected chi connectivity index (χ1v) is 8.14. The highest BCUT2D eigenvalue weighted by atomic mass is 16.2. The summed E-state index contributed by atoms with van der Waals surface area (Å²) in [5, 5.41) is 3.20. The monoisotopic (exact) mass is 322 g/mol. The lowest BCUT2D eigenvalue weighted by Gasteiger charge is -2.17. The summed E-state index contributed by atoms with van der Waals surface area (Å²) in [5.41, 5.74) is 6.08. The number of aryl methyl sites for hydroxylation is 4. The van der Waals surface area contributed by atoms with Crippen molar-refractivity contribution in [2.75, 3.05) is 10.2 Å². The molecule has 0 spiro atoms. The van der Waals surface area contributed by atoms with E-state index >= 15 is 0 Å². The number of hydrogen-bond donors (Lipinski definition) is 1. The lowest BCUT2D eigenvalue weighted by molar-refractivity contribution is -0.121. The maximum atomic E-state index is 12.7. The summed E-state index contributed by atoms with van der Waals surface area (Å²) in [7, 11) is 0. The highest BCUT2D eigenvalue weighted by molar-refractivity contribution is 6.23. The molecule has 1 aliphatic heterocycles. The van der Waals surface area contributed by atoms with E-state index in [0.717, 1.165) is 22.4 Å². The van der Waals surface area contributed by atoms with Crippen LogP contribution >= 0.6 is 0 Å². The van der Waals surface area contributed by atoms with Gasteiger partial charge in [-0.25, -0.2) is 4.90 Å². The predicted octanol–water partition coefficient (Wildman–Crippen LogP) is 3.66. The van der Waals surface area contributed by atoms with Crippen molar-refractivity contribution in [3.05, 3.63) is 58.7 Å². The van der Waals surface area contributed by atoms with Crippen molar-refractivity contribution >= 4 is 23.2 Å². The van der Waals surface area contributed by atoms with E-state index < -0.39 is 6.04 Å². The third kappa shape index (κ3) is 2.92. The first-order valence-electron chi connectivity index (χ1n) is 8.14. The van der Waals surface area contributed by atoms with Crippen LogP contribution in [0.3, 0.4) is 0 Å². The van der Waals surface area contributed by atoms with Gasteiger partial charge in [0.1, 0.15) is 6.04 Å². The van der Waals surface area contributed by atoms with E-state index in [9.17, 15) is 9.59 Å². The van der Waals surface area contributed by atoms with Crippen LogP contribution in [0.15, 0.2) is 36.4 Å². The summed E-state index contributed by atoms with van der Waals surface area (Å²) in [5.74, 6) is -0.355. The number of rotatable bonds is 3. The highest BCUT2D eigenvalue weighted by Gasteiger charge is 2.39. The fourth-order valence-electron chi connectivity index (χ4n) is 2.91. The van der Waals surface area contributed by atoms with Crippen LogP contribution in [-0.2, 0) is 9.59 Å². The molecule has 3 rings (SSSR count). The first-order chi connectivity index (χ1) is 11.4. The van der Waals surface area contributed by atoms with Gasteiger partial charge in [0.15, 0.2) is 0 Å². The Kier molecular flexibility index (Phi) is 4.14. The van der Waals surface area contributed by atoms with Crippen LogP contribution in [0, 0.1) is 27.7 Å². The Morgan fingerprint density at radius 1 is 0.875 bits per heavy atom. The molecule has 4 nitrogen and oxygen atoms in total. The second-order valence-electron chi connectivity index (χ2n) is 6.54. The van der Waals surface area contributed by atoms with Crippen molar-refractivity contribution in [2.24, 2.45) is 0 Å². The van der Waals surface area contributed by atoms with Crippen molar-refractivity contribution in [2.45, 2.75) is 40.2 Å². The predicted molar refractivity (Wildman–Crippen MR) is 96.4 cm³/mol. The van der Waals surface area contributed by atoms with Crippen LogP contribution < -0.4 is 10.2 Å². The van der Waals surface area contributed by atoms with Crippen LogP contribution in [0.5, 0.6) is 0 Å². The summed E-state index contributed by atoms with van der Waals surface area (Å²) < 4.78 is 0. The topological polar surface area (TPSA) is 49.4 Å². The van der Waals surface area contributed by atoms with Crippen molar-refractivity contribution in [1.82, 2.24) is 0 Å². The maximum Gasteiger partial charge on any atom is 0.256 e. The first kappa shape index (κ1) is 16.2. The zero-order valence-electron chi connectivity index (χ0n) is 14.5. The molecule has 0 aliphatic carbocycles. The van der Waals surface area contributed by atoms with E-state index in [0.29, 0.717) is 5.69 Å². The van der Waals surface area contributed by atoms with E-state index in [-0.39, 0.29) is 18.2 Å². The molecule has 0 radical (unpaired) electrons. The Bertz CT molecular complexity index is 826. The quantitative estimate of drug-likeness (QED) is 0.877. The molecule has 0 aromatic heterocycles. The number of amides is 2. The molecule has 1 saturated heterocycles. The Labute approximate surface area is 142 Å². The molecule has 0 unspecified atom stereocenters. The summed E-state index contributed by atoms with van der Waals surface area (Å²) in [6.45, 7) is 8.07. The number of hydrogen-bond acceptors (Lipinski definition) is 3. The lowest BCUT2D eigenvalue weighted by atomic mass is 10.1. The maximum absolute atomic E-state index is 12.7. The number of nitrogens with one attached hydrogen (secondary N) is 1. The Balaban J connectivity index is 1.83. The molecule has 1 N–H and O–H groups in total. The van der Waals surface area contributed by atoms with Gasteiger partial charge in [-0.05, 0) is 74.2 Å². The van der Waals surface area contributed by atoms with Gasteiger partial charge in [-0.15, -0.1) is 0 Å². The SMILES string of the molecule is Cc1ccc(N[C@H]2CC(=O)N(c3ccc(C)c(C)c3)C2=O)cc1C. The normalized spacial score (nSPS) is 17.5. The van der Waals surface area contributed by atoms with Gasteiger partial charge in [0.25, 0.3) is 5.91 Å². The van der Waals surface area contributed by atoms with Crippen LogP contribution in [0.1, 0.15) is 28.7 Å². The molecule has 4 heteroatoms.